The normalized spacial score (nSPS) is 11.1. The summed E-state index contributed by atoms with van der Waals surface area (Å²) < 4.78 is -0.514. The number of carbonyl (C=O) groups excluding carboxylic acids is 1. The zero-order chi connectivity index (χ0) is 10.6. The molecule has 76 valence electrons. The fourth-order valence-corrected chi connectivity index (χ4v) is 1.03. The predicted octanol–water partition coefficient (Wildman–Crippen LogP) is 1.87. The first-order valence-corrected chi connectivity index (χ1v) is 5.15. The number of carbonyl (C=O) groups is 1. The Labute approximate surface area is 92.1 Å². The third-order valence-corrected chi connectivity index (χ3v) is 2.10. The third kappa shape index (κ3) is 3.46. The number of nitrogens with zero attached hydrogens (tertiary/aromatic N) is 1. The molecule has 1 aromatic heterocycles. The van der Waals surface area contributed by atoms with Crippen LogP contribution >= 0.6 is 15.9 Å². The number of rotatable bonds is 3. The molecule has 0 aliphatic heterocycles. The molecule has 0 spiro atoms. The SMILES string of the molecule is CC(C)(Br)C(=O)NCc1ccncc1. The summed E-state index contributed by atoms with van der Waals surface area (Å²) in [4.78, 5) is 15.4. The van der Waals surface area contributed by atoms with Crippen molar-refractivity contribution < 1.29 is 4.79 Å². The van der Waals surface area contributed by atoms with Crippen LogP contribution in [0.15, 0.2) is 24.5 Å². The molecule has 3 nitrogen and oxygen atoms in total. The van der Waals surface area contributed by atoms with Gasteiger partial charge in [0, 0.05) is 18.9 Å². The highest BCUT2D eigenvalue weighted by molar-refractivity contribution is 9.10. The van der Waals surface area contributed by atoms with Crippen molar-refractivity contribution in [3.05, 3.63) is 30.1 Å². The molecule has 1 rings (SSSR count). The number of hydrogen-bond donors (Lipinski definition) is 1. The standard InChI is InChI=1S/C10H13BrN2O/c1-10(2,11)9(14)13-7-8-3-5-12-6-4-8/h3-6H,7H2,1-2H3,(H,13,14). The fourth-order valence-electron chi connectivity index (χ4n) is 0.893. The van der Waals surface area contributed by atoms with Crippen LogP contribution in [0.2, 0.25) is 0 Å². The molecule has 1 heterocycles. The maximum atomic E-state index is 11.5. The van der Waals surface area contributed by atoms with Crippen LogP contribution in [0, 0.1) is 0 Å². The second-order valence-electron chi connectivity index (χ2n) is 3.51. The van der Waals surface area contributed by atoms with Crippen LogP contribution in [0.1, 0.15) is 19.4 Å². The molecule has 1 N–H and O–H groups in total. The zero-order valence-electron chi connectivity index (χ0n) is 8.25. The Morgan fingerprint density at radius 1 is 1.50 bits per heavy atom. The van der Waals surface area contributed by atoms with Crippen LogP contribution in [0.25, 0.3) is 0 Å². The van der Waals surface area contributed by atoms with Gasteiger partial charge < -0.3 is 5.32 Å². The highest BCUT2D eigenvalue weighted by Gasteiger charge is 2.22. The van der Waals surface area contributed by atoms with E-state index in [1.165, 1.54) is 0 Å². The van der Waals surface area contributed by atoms with E-state index in [0.29, 0.717) is 6.54 Å². The minimum absolute atomic E-state index is 0.0192. The first-order valence-electron chi connectivity index (χ1n) is 4.36. The quantitative estimate of drug-likeness (QED) is 0.840. The molecule has 0 bridgehead atoms. The fraction of sp³-hybridized carbons (Fsp3) is 0.400. The monoisotopic (exact) mass is 256 g/mol. The summed E-state index contributed by atoms with van der Waals surface area (Å²) in [5.74, 6) is -0.0192. The molecule has 14 heavy (non-hydrogen) atoms. The van der Waals surface area contributed by atoms with Crippen LogP contribution in [-0.2, 0) is 11.3 Å². The highest BCUT2D eigenvalue weighted by Crippen LogP contribution is 2.15. The lowest BCUT2D eigenvalue weighted by Gasteiger charge is -2.15. The van der Waals surface area contributed by atoms with Crippen LogP contribution in [-0.4, -0.2) is 15.2 Å². The molecule has 1 amide bonds. The van der Waals surface area contributed by atoms with Crippen molar-refractivity contribution in [1.82, 2.24) is 10.3 Å². The summed E-state index contributed by atoms with van der Waals surface area (Å²) in [6, 6.07) is 3.75. The van der Waals surface area contributed by atoms with Crippen LogP contribution < -0.4 is 5.32 Å². The Balaban J connectivity index is 2.46. The van der Waals surface area contributed by atoms with Crippen LogP contribution in [0.5, 0.6) is 0 Å². The van der Waals surface area contributed by atoms with Crippen molar-refractivity contribution in [2.75, 3.05) is 0 Å². The maximum Gasteiger partial charge on any atom is 0.236 e. The molecule has 0 aliphatic rings. The van der Waals surface area contributed by atoms with Gasteiger partial charge in [-0.15, -0.1) is 0 Å². The summed E-state index contributed by atoms with van der Waals surface area (Å²) in [5.41, 5.74) is 1.05. The van der Waals surface area contributed by atoms with Crippen molar-refractivity contribution in [3.8, 4) is 0 Å². The number of pyridine rings is 1. The number of amides is 1. The van der Waals surface area contributed by atoms with Gasteiger partial charge in [0.2, 0.25) is 5.91 Å². The van der Waals surface area contributed by atoms with Gasteiger partial charge >= 0.3 is 0 Å². The van der Waals surface area contributed by atoms with E-state index in [4.69, 9.17) is 0 Å². The number of hydrogen-bond acceptors (Lipinski definition) is 2. The lowest BCUT2D eigenvalue weighted by atomic mass is 10.2. The average molecular weight is 257 g/mol. The van der Waals surface area contributed by atoms with E-state index in [0.717, 1.165) is 5.56 Å². The Bertz CT molecular complexity index is 306. The summed E-state index contributed by atoms with van der Waals surface area (Å²) >= 11 is 3.29. The van der Waals surface area contributed by atoms with Gasteiger partial charge in [0.15, 0.2) is 0 Å². The van der Waals surface area contributed by atoms with Gasteiger partial charge in [0.1, 0.15) is 0 Å². The van der Waals surface area contributed by atoms with Gasteiger partial charge in [0.25, 0.3) is 0 Å². The van der Waals surface area contributed by atoms with E-state index < -0.39 is 4.32 Å². The van der Waals surface area contributed by atoms with Crippen molar-refractivity contribution in [1.29, 1.82) is 0 Å². The summed E-state index contributed by atoms with van der Waals surface area (Å²) in [6.07, 6.45) is 3.42. The second-order valence-corrected chi connectivity index (χ2v) is 5.49. The van der Waals surface area contributed by atoms with E-state index in [1.807, 2.05) is 26.0 Å². The molecular formula is C10H13BrN2O. The summed E-state index contributed by atoms with van der Waals surface area (Å²) in [6.45, 7) is 4.17. The minimum atomic E-state index is -0.514. The Morgan fingerprint density at radius 2 is 2.07 bits per heavy atom. The van der Waals surface area contributed by atoms with Crippen LogP contribution in [0.3, 0.4) is 0 Å². The Morgan fingerprint density at radius 3 is 2.57 bits per heavy atom. The third-order valence-electron chi connectivity index (χ3n) is 1.74. The van der Waals surface area contributed by atoms with Crippen molar-refractivity contribution in [3.63, 3.8) is 0 Å². The number of nitrogens with one attached hydrogen (secondary N) is 1. The Kier molecular flexibility index (Phi) is 3.63. The molecule has 0 fully saturated rings. The molecule has 0 aromatic carbocycles. The van der Waals surface area contributed by atoms with Crippen molar-refractivity contribution in [2.45, 2.75) is 24.7 Å². The lowest BCUT2D eigenvalue weighted by molar-refractivity contribution is -0.122. The molecule has 0 aliphatic carbocycles. The van der Waals surface area contributed by atoms with Gasteiger partial charge in [-0.2, -0.15) is 0 Å². The van der Waals surface area contributed by atoms with Gasteiger partial charge in [-0.05, 0) is 31.5 Å². The molecule has 0 saturated carbocycles. The van der Waals surface area contributed by atoms with E-state index in [-0.39, 0.29) is 5.91 Å². The van der Waals surface area contributed by atoms with Gasteiger partial charge in [-0.3, -0.25) is 9.78 Å². The molecule has 0 saturated heterocycles. The largest absolute Gasteiger partial charge is 0.351 e. The molecule has 4 heteroatoms. The van der Waals surface area contributed by atoms with Gasteiger partial charge in [-0.25, -0.2) is 0 Å². The molecule has 0 atom stereocenters. The molecule has 0 unspecified atom stereocenters. The first kappa shape index (κ1) is 11.2. The molecular weight excluding hydrogens is 244 g/mol. The second kappa shape index (κ2) is 4.55. The topological polar surface area (TPSA) is 42.0 Å². The van der Waals surface area contributed by atoms with Gasteiger partial charge in [-0.1, -0.05) is 15.9 Å². The van der Waals surface area contributed by atoms with Crippen molar-refractivity contribution >= 4 is 21.8 Å². The number of halogens is 1. The highest BCUT2D eigenvalue weighted by atomic mass is 79.9. The van der Waals surface area contributed by atoms with Gasteiger partial charge in [0.05, 0.1) is 4.32 Å². The Hall–Kier alpha value is -0.900. The summed E-state index contributed by atoms with van der Waals surface area (Å²) in [7, 11) is 0. The predicted molar refractivity (Wildman–Crippen MR) is 59.1 cm³/mol. The number of aromatic nitrogens is 1. The van der Waals surface area contributed by atoms with E-state index in [2.05, 4.69) is 26.2 Å². The summed E-state index contributed by atoms with van der Waals surface area (Å²) in [5, 5.41) is 2.83. The molecule has 1 aromatic rings. The minimum Gasteiger partial charge on any atom is -0.351 e. The first-order chi connectivity index (χ1) is 6.50. The van der Waals surface area contributed by atoms with E-state index in [1.54, 1.807) is 12.4 Å². The zero-order valence-corrected chi connectivity index (χ0v) is 9.84. The van der Waals surface area contributed by atoms with Crippen LogP contribution in [0.4, 0.5) is 0 Å². The van der Waals surface area contributed by atoms with E-state index in [9.17, 15) is 4.79 Å². The average Bonchev–Trinajstić information content (AvgIpc) is 2.14. The number of alkyl halides is 1. The smallest absolute Gasteiger partial charge is 0.236 e. The lowest BCUT2D eigenvalue weighted by Crippen LogP contribution is -2.36. The van der Waals surface area contributed by atoms with E-state index >= 15 is 0 Å². The van der Waals surface area contributed by atoms with Crippen molar-refractivity contribution in [2.24, 2.45) is 0 Å². The maximum absolute atomic E-state index is 11.5. The molecule has 0 radical (unpaired) electrons.